The van der Waals surface area contributed by atoms with Crippen LogP contribution in [0.5, 0.6) is 0 Å². The number of aromatic amines is 1. The highest BCUT2D eigenvalue weighted by Gasteiger charge is 2.26. The van der Waals surface area contributed by atoms with Crippen LogP contribution < -0.4 is 5.56 Å². The summed E-state index contributed by atoms with van der Waals surface area (Å²) in [6.07, 6.45) is 1.67. The molecule has 3 aromatic rings. The van der Waals surface area contributed by atoms with Crippen LogP contribution in [-0.4, -0.2) is 35.0 Å². The SMILES string of the molecule is Cc1cc(C)c2[nH]c(=O)c(CN(C[C@@H]3CCCO3)C(=O)c3ccccc3F)cc2c1. The summed E-state index contributed by atoms with van der Waals surface area (Å²) in [6.45, 7) is 5.02. The Hall–Kier alpha value is -2.99. The molecule has 0 unspecified atom stereocenters. The Morgan fingerprint density at radius 1 is 1.23 bits per heavy atom. The van der Waals surface area contributed by atoms with E-state index in [9.17, 15) is 14.0 Å². The molecule has 6 heteroatoms. The van der Waals surface area contributed by atoms with Gasteiger partial charge in [-0.1, -0.05) is 23.8 Å². The Labute approximate surface area is 174 Å². The van der Waals surface area contributed by atoms with Crippen LogP contribution in [0.25, 0.3) is 10.9 Å². The van der Waals surface area contributed by atoms with Crippen LogP contribution in [0.2, 0.25) is 0 Å². The molecule has 1 saturated heterocycles. The molecule has 2 aromatic carbocycles. The lowest BCUT2D eigenvalue weighted by Crippen LogP contribution is -2.38. The van der Waals surface area contributed by atoms with E-state index >= 15 is 0 Å². The number of pyridine rings is 1. The maximum absolute atomic E-state index is 14.3. The number of benzene rings is 2. The Kier molecular flexibility index (Phi) is 5.68. The van der Waals surface area contributed by atoms with Gasteiger partial charge in [0.25, 0.3) is 11.5 Å². The molecule has 30 heavy (non-hydrogen) atoms. The van der Waals surface area contributed by atoms with E-state index in [0.717, 1.165) is 34.9 Å². The Bertz CT molecular complexity index is 1150. The van der Waals surface area contributed by atoms with E-state index in [2.05, 4.69) is 4.98 Å². The molecule has 1 fully saturated rings. The first kappa shape index (κ1) is 20.3. The number of aryl methyl sites for hydroxylation is 2. The van der Waals surface area contributed by atoms with Gasteiger partial charge in [-0.3, -0.25) is 9.59 Å². The third-order valence-electron chi connectivity index (χ3n) is 5.57. The monoisotopic (exact) mass is 408 g/mol. The number of carbonyl (C=O) groups is 1. The summed E-state index contributed by atoms with van der Waals surface area (Å²) >= 11 is 0. The molecular formula is C24H25FN2O3. The summed E-state index contributed by atoms with van der Waals surface area (Å²) in [5.41, 5.74) is 3.10. The molecule has 5 nitrogen and oxygen atoms in total. The van der Waals surface area contributed by atoms with Gasteiger partial charge in [-0.2, -0.15) is 0 Å². The predicted molar refractivity (Wildman–Crippen MR) is 114 cm³/mol. The minimum Gasteiger partial charge on any atom is -0.376 e. The summed E-state index contributed by atoms with van der Waals surface area (Å²) in [4.78, 5) is 30.4. The van der Waals surface area contributed by atoms with Crippen molar-refractivity contribution in [3.8, 4) is 0 Å². The van der Waals surface area contributed by atoms with Gasteiger partial charge in [0.2, 0.25) is 0 Å². The number of hydrogen-bond acceptors (Lipinski definition) is 3. The van der Waals surface area contributed by atoms with E-state index < -0.39 is 11.7 Å². The smallest absolute Gasteiger partial charge is 0.257 e. The van der Waals surface area contributed by atoms with Crippen molar-refractivity contribution in [2.24, 2.45) is 0 Å². The third-order valence-corrected chi connectivity index (χ3v) is 5.57. The fourth-order valence-corrected chi connectivity index (χ4v) is 4.11. The number of amides is 1. The van der Waals surface area contributed by atoms with Crippen LogP contribution in [0.15, 0.2) is 47.3 Å². The second kappa shape index (κ2) is 8.40. The van der Waals surface area contributed by atoms with Crippen LogP contribution in [0.1, 0.15) is 39.9 Å². The first-order chi connectivity index (χ1) is 14.4. The molecule has 0 saturated carbocycles. The van der Waals surface area contributed by atoms with E-state index in [1.165, 1.54) is 17.0 Å². The second-order valence-corrected chi connectivity index (χ2v) is 7.97. The molecule has 0 radical (unpaired) electrons. The van der Waals surface area contributed by atoms with Gasteiger partial charge in [-0.25, -0.2) is 4.39 Å². The molecule has 156 valence electrons. The van der Waals surface area contributed by atoms with Crippen LogP contribution in [-0.2, 0) is 11.3 Å². The fourth-order valence-electron chi connectivity index (χ4n) is 4.11. The second-order valence-electron chi connectivity index (χ2n) is 7.97. The van der Waals surface area contributed by atoms with Crippen LogP contribution >= 0.6 is 0 Å². The van der Waals surface area contributed by atoms with Crippen molar-refractivity contribution >= 4 is 16.8 Å². The van der Waals surface area contributed by atoms with Crippen molar-refractivity contribution in [1.82, 2.24) is 9.88 Å². The lowest BCUT2D eigenvalue weighted by atomic mass is 10.0. The largest absolute Gasteiger partial charge is 0.376 e. The predicted octanol–water partition coefficient (Wildman–Crippen LogP) is 4.11. The van der Waals surface area contributed by atoms with E-state index in [-0.39, 0.29) is 23.8 Å². The zero-order valence-corrected chi connectivity index (χ0v) is 17.2. The molecule has 0 spiro atoms. The van der Waals surface area contributed by atoms with Gasteiger partial charge in [0, 0.05) is 18.7 Å². The zero-order valence-electron chi connectivity index (χ0n) is 17.2. The molecule has 1 aromatic heterocycles. The minimum atomic E-state index is -0.571. The van der Waals surface area contributed by atoms with Crippen LogP contribution in [0.4, 0.5) is 4.39 Å². The Balaban J connectivity index is 1.70. The number of H-pyrrole nitrogens is 1. The quantitative estimate of drug-likeness (QED) is 0.691. The molecule has 1 N–H and O–H groups in total. The highest BCUT2D eigenvalue weighted by atomic mass is 19.1. The Morgan fingerprint density at radius 2 is 2.03 bits per heavy atom. The van der Waals surface area contributed by atoms with E-state index in [1.807, 2.05) is 32.0 Å². The van der Waals surface area contributed by atoms with E-state index in [1.54, 1.807) is 12.1 Å². The highest BCUT2D eigenvalue weighted by molar-refractivity contribution is 5.94. The van der Waals surface area contributed by atoms with Crippen molar-refractivity contribution in [3.05, 3.63) is 80.9 Å². The van der Waals surface area contributed by atoms with Crippen molar-refractivity contribution in [3.63, 3.8) is 0 Å². The average Bonchev–Trinajstić information content (AvgIpc) is 3.22. The molecule has 2 heterocycles. The minimum absolute atomic E-state index is 0.000552. The summed E-state index contributed by atoms with van der Waals surface area (Å²) in [5.74, 6) is -1.01. The van der Waals surface area contributed by atoms with Gasteiger partial charge < -0.3 is 14.6 Å². The maximum Gasteiger partial charge on any atom is 0.257 e. The number of fused-ring (bicyclic) bond motifs is 1. The van der Waals surface area contributed by atoms with Gasteiger partial charge in [-0.05, 0) is 61.9 Å². The number of halogens is 1. The fraction of sp³-hybridized carbons (Fsp3) is 0.333. The van der Waals surface area contributed by atoms with Crippen molar-refractivity contribution in [2.45, 2.75) is 39.3 Å². The van der Waals surface area contributed by atoms with Crippen LogP contribution in [0, 0.1) is 19.7 Å². The van der Waals surface area contributed by atoms with E-state index in [0.29, 0.717) is 18.7 Å². The maximum atomic E-state index is 14.3. The normalized spacial score (nSPS) is 16.2. The first-order valence-electron chi connectivity index (χ1n) is 10.2. The summed E-state index contributed by atoms with van der Waals surface area (Å²) in [7, 11) is 0. The van der Waals surface area contributed by atoms with E-state index in [4.69, 9.17) is 4.74 Å². The molecule has 0 bridgehead atoms. The summed E-state index contributed by atoms with van der Waals surface area (Å²) in [6, 6.07) is 11.8. The Morgan fingerprint density at radius 3 is 2.77 bits per heavy atom. The summed E-state index contributed by atoms with van der Waals surface area (Å²) in [5, 5.41) is 0.914. The van der Waals surface area contributed by atoms with Gasteiger partial charge >= 0.3 is 0 Å². The first-order valence-corrected chi connectivity index (χ1v) is 10.2. The number of aromatic nitrogens is 1. The number of nitrogens with one attached hydrogen (secondary N) is 1. The molecule has 1 amide bonds. The van der Waals surface area contributed by atoms with Gasteiger partial charge in [0.15, 0.2) is 0 Å². The molecule has 4 rings (SSSR count). The van der Waals surface area contributed by atoms with Crippen molar-refractivity contribution in [2.75, 3.05) is 13.2 Å². The average molecular weight is 408 g/mol. The third kappa shape index (κ3) is 4.14. The van der Waals surface area contributed by atoms with Gasteiger partial charge in [0.05, 0.1) is 23.7 Å². The number of nitrogens with zero attached hydrogens (tertiary/aromatic N) is 1. The van der Waals surface area contributed by atoms with Crippen molar-refractivity contribution < 1.29 is 13.9 Å². The number of hydrogen-bond donors (Lipinski definition) is 1. The molecule has 0 aliphatic carbocycles. The molecule has 1 aliphatic rings. The molecule has 1 aliphatic heterocycles. The lowest BCUT2D eigenvalue weighted by Gasteiger charge is -2.26. The zero-order chi connectivity index (χ0) is 21.3. The van der Waals surface area contributed by atoms with Crippen molar-refractivity contribution in [1.29, 1.82) is 0 Å². The molecule has 1 atom stereocenters. The van der Waals surface area contributed by atoms with Crippen LogP contribution in [0.3, 0.4) is 0 Å². The number of ether oxygens (including phenoxy) is 1. The topological polar surface area (TPSA) is 62.4 Å². The summed E-state index contributed by atoms with van der Waals surface area (Å²) < 4.78 is 20.0. The van der Waals surface area contributed by atoms with Gasteiger partial charge in [-0.15, -0.1) is 0 Å². The lowest BCUT2D eigenvalue weighted by molar-refractivity contribution is 0.0503. The highest BCUT2D eigenvalue weighted by Crippen LogP contribution is 2.21. The molecular weight excluding hydrogens is 383 g/mol. The standard InChI is InChI=1S/C24H25FN2O3/c1-15-10-16(2)22-17(11-15)12-18(23(28)26-22)13-27(14-19-6-5-9-30-19)24(29)20-7-3-4-8-21(20)25/h3-4,7-8,10-12,19H,5-6,9,13-14H2,1-2H3,(H,26,28)/t19-/m0/s1. The van der Waals surface area contributed by atoms with Gasteiger partial charge in [0.1, 0.15) is 5.82 Å². The number of rotatable bonds is 5. The number of carbonyl (C=O) groups excluding carboxylic acids is 1.